The number of rotatable bonds is 6. The maximum atomic E-state index is 14.5. The minimum absolute atomic E-state index is 0.0305. The zero-order valence-corrected chi connectivity index (χ0v) is 17.4. The Bertz CT molecular complexity index is 1310. The molecule has 0 atom stereocenters. The van der Waals surface area contributed by atoms with Gasteiger partial charge in [0.1, 0.15) is 27.9 Å². The topological polar surface area (TPSA) is 97.4 Å². The molecule has 1 heterocycles. The fourth-order valence-corrected chi connectivity index (χ4v) is 3.76. The third kappa shape index (κ3) is 5.55. The lowest BCUT2D eigenvalue weighted by atomic mass is 10.2. The number of sulfonamides is 1. The molecule has 3 rings (SSSR count). The standard InChI is InChI=1S/C20H14F5N3O4S/c1-26-19(29)17-10-13(6-7-27-17)32-12-3-5-16(15(22)9-12)28-33(30,31)18-8-11(20(23,24)25)2-4-14(18)21/h2-10,28H,1H3,(H,26,29). The van der Waals surface area contributed by atoms with Gasteiger partial charge in [-0.1, -0.05) is 0 Å². The van der Waals surface area contributed by atoms with Gasteiger partial charge in [-0.3, -0.25) is 14.5 Å². The van der Waals surface area contributed by atoms with Crippen LogP contribution in [0.25, 0.3) is 0 Å². The lowest BCUT2D eigenvalue weighted by Crippen LogP contribution is -2.18. The van der Waals surface area contributed by atoms with Crippen molar-refractivity contribution >= 4 is 21.6 Å². The summed E-state index contributed by atoms with van der Waals surface area (Å²) < 4.78 is 98.9. The molecule has 0 saturated heterocycles. The van der Waals surface area contributed by atoms with E-state index in [4.69, 9.17) is 4.74 Å². The van der Waals surface area contributed by atoms with Crippen LogP contribution in [0.4, 0.5) is 27.6 Å². The number of pyridine rings is 1. The molecule has 2 N–H and O–H groups in total. The van der Waals surface area contributed by atoms with Gasteiger partial charge in [0.25, 0.3) is 15.9 Å². The van der Waals surface area contributed by atoms with Crippen molar-refractivity contribution in [3.63, 3.8) is 0 Å². The van der Waals surface area contributed by atoms with Crippen LogP contribution in [0.3, 0.4) is 0 Å². The van der Waals surface area contributed by atoms with Crippen LogP contribution >= 0.6 is 0 Å². The van der Waals surface area contributed by atoms with E-state index in [1.165, 1.54) is 25.4 Å². The molecule has 0 spiro atoms. The van der Waals surface area contributed by atoms with E-state index in [1.54, 1.807) is 4.72 Å². The molecular formula is C20H14F5N3O4S. The van der Waals surface area contributed by atoms with Gasteiger partial charge >= 0.3 is 6.18 Å². The number of alkyl halides is 3. The van der Waals surface area contributed by atoms with Crippen molar-refractivity contribution in [1.82, 2.24) is 10.3 Å². The molecule has 0 aliphatic carbocycles. The molecule has 0 fully saturated rings. The van der Waals surface area contributed by atoms with Crippen LogP contribution in [-0.2, 0) is 16.2 Å². The zero-order valence-electron chi connectivity index (χ0n) is 16.6. The molecule has 0 aliphatic heterocycles. The van der Waals surface area contributed by atoms with Crippen LogP contribution in [0, 0.1) is 11.6 Å². The number of amides is 1. The second kappa shape index (κ2) is 9.02. The van der Waals surface area contributed by atoms with Gasteiger partial charge in [-0.05, 0) is 36.4 Å². The maximum absolute atomic E-state index is 14.5. The molecule has 2 aromatic carbocycles. The summed E-state index contributed by atoms with van der Waals surface area (Å²) in [4.78, 5) is 14.2. The summed E-state index contributed by atoms with van der Waals surface area (Å²) in [5.41, 5.74) is -2.01. The Hall–Kier alpha value is -3.74. The van der Waals surface area contributed by atoms with Gasteiger partial charge in [0.05, 0.1) is 11.3 Å². The number of ether oxygens (including phenoxy) is 1. The second-order valence-corrected chi connectivity index (χ2v) is 8.10. The number of hydrogen-bond acceptors (Lipinski definition) is 5. The lowest BCUT2D eigenvalue weighted by molar-refractivity contribution is -0.137. The Morgan fingerprint density at radius 2 is 1.67 bits per heavy atom. The molecule has 1 aromatic heterocycles. The fraction of sp³-hybridized carbons (Fsp3) is 0.100. The lowest BCUT2D eigenvalue weighted by Gasteiger charge is -2.13. The number of nitrogens with one attached hydrogen (secondary N) is 2. The van der Waals surface area contributed by atoms with Crippen molar-refractivity contribution < 1.29 is 39.9 Å². The van der Waals surface area contributed by atoms with E-state index in [9.17, 15) is 35.2 Å². The summed E-state index contributed by atoms with van der Waals surface area (Å²) in [7, 11) is -3.50. The Labute approximate surface area is 184 Å². The quantitative estimate of drug-likeness (QED) is 0.505. The number of hydrogen-bond donors (Lipinski definition) is 2. The highest BCUT2D eigenvalue weighted by atomic mass is 32.2. The normalized spacial score (nSPS) is 11.7. The third-order valence-electron chi connectivity index (χ3n) is 4.16. The molecule has 1 amide bonds. The van der Waals surface area contributed by atoms with Crippen LogP contribution in [0.15, 0.2) is 59.6 Å². The fourth-order valence-electron chi connectivity index (χ4n) is 2.59. The number of anilines is 1. The van der Waals surface area contributed by atoms with Crippen molar-refractivity contribution in [3.05, 3.63) is 77.6 Å². The highest BCUT2D eigenvalue weighted by Gasteiger charge is 2.33. The van der Waals surface area contributed by atoms with Gasteiger partial charge in [-0.2, -0.15) is 13.2 Å². The average Bonchev–Trinajstić information content (AvgIpc) is 2.74. The average molecular weight is 487 g/mol. The molecular weight excluding hydrogens is 473 g/mol. The molecule has 0 aliphatic rings. The van der Waals surface area contributed by atoms with Crippen LogP contribution in [-0.4, -0.2) is 26.4 Å². The van der Waals surface area contributed by atoms with Crippen molar-refractivity contribution in [2.24, 2.45) is 0 Å². The van der Waals surface area contributed by atoms with Gasteiger partial charge in [0.2, 0.25) is 0 Å². The van der Waals surface area contributed by atoms with E-state index in [1.807, 2.05) is 0 Å². The van der Waals surface area contributed by atoms with E-state index >= 15 is 0 Å². The molecule has 7 nitrogen and oxygen atoms in total. The van der Waals surface area contributed by atoms with Crippen molar-refractivity contribution in [2.75, 3.05) is 11.8 Å². The molecule has 0 radical (unpaired) electrons. The van der Waals surface area contributed by atoms with Gasteiger partial charge in [-0.25, -0.2) is 17.2 Å². The SMILES string of the molecule is CNC(=O)c1cc(Oc2ccc(NS(=O)(=O)c3cc(C(F)(F)F)ccc3F)c(F)c2)ccn1. The van der Waals surface area contributed by atoms with Crippen molar-refractivity contribution in [1.29, 1.82) is 0 Å². The summed E-state index contributed by atoms with van der Waals surface area (Å²) in [5, 5.41) is 2.37. The Morgan fingerprint density at radius 3 is 2.30 bits per heavy atom. The van der Waals surface area contributed by atoms with E-state index in [0.29, 0.717) is 12.1 Å². The molecule has 33 heavy (non-hydrogen) atoms. The number of carbonyl (C=O) groups is 1. The smallest absolute Gasteiger partial charge is 0.416 e. The van der Waals surface area contributed by atoms with Crippen LogP contribution < -0.4 is 14.8 Å². The van der Waals surface area contributed by atoms with Crippen LogP contribution in [0.5, 0.6) is 11.5 Å². The summed E-state index contributed by atoms with van der Waals surface area (Å²) in [6, 6.07) is 6.40. The van der Waals surface area contributed by atoms with Gasteiger partial charge in [-0.15, -0.1) is 0 Å². The first-order chi connectivity index (χ1) is 15.4. The number of nitrogens with zero attached hydrogens (tertiary/aromatic N) is 1. The summed E-state index contributed by atoms with van der Waals surface area (Å²) in [6.45, 7) is 0. The minimum atomic E-state index is -4.91. The number of carbonyl (C=O) groups excluding carboxylic acids is 1. The summed E-state index contributed by atoms with van der Waals surface area (Å²) in [6.07, 6.45) is -3.63. The zero-order chi connectivity index (χ0) is 24.4. The van der Waals surface area contributed by atoms with Crippen LogP contribution in [0.1, 0.15) is 16.1 Å². The highest BCUT2D eigenvalue weighted by molar-refractivity contribution is 7.92. The van der Waals surface area contributed by atoms with E-state index in [0.717, 1.165) is 18.2 Å². The first kappa shape index (κ1) is 23.9. The number of benzene rings is 2. The molecule has 3 aromatic rings. The largest absolute Gasteiger partial charge is 0.457 e. The van der Waals surface area contributed by atoms with Crippen molar-refractivity contribution in [2.45, 2.75) is 11.1 Å². The van der Waals surface area contributed by atoms with E-state index in [-0.39, 0.29) is 23.3 Å². The number of aromatic nitrogens is 1. The minimum Gasteiger partial charge on any atom is -0.457 e. The molecule has 0 bridgehead atoms. The predicted octanol–water partition coefficient (Wildman–Crippen LogP) is 4.33. The van der Waals surface area contributed by atoms with E-state index < -0.39 is 49.9 Å². The molecule has 0 unspecified atom stereocenters. The van der Waals surface area contributed by atoms with Gasteiger partial charge < -0.3 is 10.1 Å². The maximum Gasteiger partial charge on any atom is 0.416 e. The molecule has 174 valence electrons. The second-order valence-electron chi connectivity index (χ2n) is 6.45. The first-order valence-corrected chi connectivity index (χ1v) is 10.4. The van der Waals surface area contributed by atoms with E-state index in [2.05, 4.69) is 10.3 Å². The van der Waals surface area contributed by atoms with Crippen molar-refractivity contribution in [3.8, 4) is 11.5 Å². The Balaban J connectivity index is 1.84. The highest BCUT2D eigenvalue weighted by Crippen LogP contribution is 2.33. The molecule has 13 heteroatoms. The van der Waals surface area contributed by atoms with Gasteiger partial charge in [0.15, 0.2) is 5.82 Å². The predicted molar refractivity (Wildman–Crippen MR) is 106 cm³/mol. The van der Waals surface area contributed by atoms with Crippen LogP contribution in [0.2, 0.25) is 0 Å². The monoisotopic (exact) mass is 487 g/mol. The summed E-state index contributed by atoms with van der Waals surface area (Å²) in [5.74, 6) is -3.04. The Kier molecular flexibility index (Phi) is 6.53. The number of halogens is 5. The first-order valence-electron chi connectivity index (χ1n) is 8.96. The van der Waals surface area contributed by atoms with Gasteiger partial charge in [0, 0.05) is 25.4 Å². The summed E-state index contributed by atoms with van der Waals surface area (Å²) >= 11 is 0. The molecule has 0 saturated carbocycles. The Morgan fingerprint density at radius 1 is 0.970 bits per heavy atom. The third-order valence-corrected chi connectivity index (χ3v) is 5.54.